The highest BCUT2D eigenvalue weighted by atomic mass is 32.2. The topological polar surface area (TPSA) is 92.4 Å². The minimum absolute atomic E-state index is 0.0943. The smallest absolute Gasteiger partial charge is 0.258 e. The Morgan fingerprint density at radius 2 is 2.21 bits per heavy atom. The highest BCUT2D eigenvalue weighted by molar-refractivity contribution is 7.89. The van der Waals surface area contributed by atoms with Crippen molar-refractivity contribution in [3.63, 3.8) is 0 Å². The van der Waals surface area contributed by atoms with Crippen LogP contribution in [0.2, 0.25) is 0 Å². The molecule has 2 aromatic heterocycles. The van der Waals surface area contributed by atoms with Crippen molar-refractivity contribution in [2.45, 2.75) is 24.6 Å². The first-order chi connectivity index (χ1) is 9.03. The molecular weight excluding hydrogens is 268 g/mol. The molecule has 6 nitrogen and oxygen atoms in total. The normalized spacial score (nSPS) is 13.4. The van der Waals surface area contributed by atoms with E-state index in [0.29, 0.717) is 11.3 Å². The fourth-order valence-corrected chi connectivity index (χ4v) is 2.69. The molecule has 2 aromatic rings. The lowest BCUT2D eigenvalue weighted by atomic mass is 10.3. The van der Waals surface area contributed by atoms with E-state index in [2.05, 4.69) is 9.71 Å². The van der Waals surface area contributed by atoms with E-state index in [-0.39, 0.29) is 11.6 Å². The van der Waals surface area contributed by atoms with Gasteiger partial charge < -0.3 is 9.52 Å². The summed E-state index contributed by atoms with van der Waals surface area (Å²) in [6.45, 7) is 1.50. The van der Waals surface area contributed by atoms with Crippen LogP contribution in [0.1, 0.15) is 24.3 Å². The molecule has 0 bridgehead atoms. The molecule has 0 saturated heterocycles. The van der Waals surface area contributed by atoms with Crippen molar-refractivity contribution in [3.8, 4) is 0 Å². The molecule has 0 radical (unpaired) electrons. The van der Waals surface area contributed by atoms with Crippen molar-refractivity contribution < 1.29 is 17.9 Å². The Morgan fingerprint density at radius 1 is 1.42 bits per heavy atom. The Morgan fingerprint density at radius 3 is 2.74 bits per heavy atom. The number of aromatic nitrogens is 1. The molecule has 0 saturated carbocycles. The molecule has 2 N–H and O–H groups in total. The van der Waals surface area contributed by atoms with Crippen molar-refractivity contribution in [2.75, 3.05) is 0 Å². The van der Waals surface area contributed by atoms with Crippen LogP contribution in [0.3, 0.4) is 0 Å². The summed E-state index contributed by atoms with van der Waals surface area (Å²) >= 11 is 0. The second-order valence-electron chi connectivity index (χ2n) is 4.02. The molecule has 102 valence electrons. The number of rotatable bonds is 5. The quantitative estimate of drug-likeness (QED) is 0.859. The van der Waals surface area contributed by atoms with Crippen LogP contribution in [-0.4, -0.2) is 18.5 Å². The van der Waals surface area contributed by atoms with Gasteiger partial charge in [0, 0.05) is 6.20 Å². The first-order valence-electron chi connectivity index (χ1n) is 5.64. The standard InChI is InChI=1S/C12H14N2O4S/c1-9(11-3-2-6-18-11)14-19(16,17)12-5-4-10(8-15)7-13-12/h2-7,9,14-15H,8H2,1H3. The number of pyridine rings is 1. The number of hydrogen-bond acceptors (Lipinski definition) is 5. The molecule has 1 unspecified atom stereocenters. The summed E-state index contributed by atoms with van der Waals surface area (Å²) in [5.41, 5.74) is 0.554. The lowest BCUT2D eigenvalue weighted by Gasteiger charge is -2.11. The van der Waals surface area contributed by atoms with Crippen LogP contribution in [-0.2, 0) is 16.6 Å². The van der Waals surface area contributed by atoms with E-state index in [4.69, 9.17) is 9.52 Å². The van der Waals surface area contributed by atoms with Crippen LogP contribution >= 0.6 is 0 Å². The van der Waals surface area contributed by atoms with E-state index in [1.54, 1.807) is 19.1 Å². The van der Waals surface area contributed by atoms with E-state index < -0.39 is 16.1 Å². The lowest BCUT2D eigenvalue weighted by molar-refractivity contribution is 0.281. The molecule has 0 aliphatic heterocycles. The van der Waals surface area contributed by atoms with Gasteiger partial charge in [-0.05, 0) is 30.7 Å². The molecule has 19 heavy (non-hydrogen) atoms. The Balaban J connectivity index is 2.17. The minimum Gasteiger partial charge on any atom is -0.468 e. The fourth-order valence-electron chi connectivity index (χ4n) is 1.55. The maximum atomic E-state index is 12.1. The van der Waals surface area contributed by atoms with Gasteiger partial charge in [-0.3, -0.25) is 0 Å². The van der Waals surface area contributed by atoms with Crippen molar-refractivity contribution >= 4 is 10.0 Å². The van der Waals surface area contributed by atoms with Crippen molar-refractivity contribution in [1.29, 1.82) is 0 Å². The van der Waals surface area contributed by atoms with E-state index >= 15 is 0 Å². The maximum Gasteiger partial charge on any atom is 0.258 e. The van der Waals surface area contributed by atoms with Crippen LogP contribution in [0.25, 0.3) is 0 Å². The van der Waals surface area contributed by atoms with Crippen LogP contribution in [0, 0.1) is 0 Å². The molecule has 0 aromatic carbocycles. The Labute approximate surface area is 111 Å². The SMILES string of the molecule is CC(NS(=O)(=O)c1ccc(CO)cn1)c1ccco1. The van der Waals surface area contributed by atoms with Crippen LogP contribution in [0.5, 0.6) is 0 Å². The molecule has 0 spiro atoms. The third kappa shape index (κ3) is 3.19. The summed E-state index contributed by atoms with van der Waals surface area (Å²) in [4.78, 5) is 3.81. The molecule has 0 amide bonds. The van der Waals surface area contributed by atoms with Gasteiger partial charge in [0.2, 0.25) is 0 Å². The number of nitrogens with one attached hydrogen (secondary N) is 1. The molecule has 7 heteroatoms. The first-order valence-corrected chi connectivity index (χ1v) is 7.13. The van der Waals surface area contributed by atoms with E-state index in [9.17, 15) is 8.42 Å². The fraction of sp³-hybridized carbons (Fsp3) is 0.250. The van der Waals surface area contributed by atoms with Crippen molar-refractivity contribution in [3.05, 3.63) is 48.0 Å². The Bertz CT molecular complexity index is 620. The summed E-state index contributed by atoms with van der Waals surface area (Å²) in [7, 11) is -3.71. The molecule has 1 atom stereocenters. The summed E-state index contributed by atoms with van der Waals surface area (Å²) in [5.74, 6) is 0.524. The zero-order valence-electron chi connectivity index (χ0n) is 10.3. The third-order valence-corrected chi connectivity index (χ3v) is 4.01. The zero-order valence-corrected chi connectivity index (χ0v) is 11.1. The second kappa shape index (κ2) is 5.52. The van der Waals surface area contributed by atoms with Gasteiger partial charge in [-0.2, -0.15) is 4.72 Å². The molecule has 0 aliphatic rings. The van der Waals surface area contributed by atoms with Gasteiger partial charge >= 0.3 is 0 Å². The second-order valence-corrected chi connectivity index (χ2v) is 5.68. The number of furan rings is 1. The predicted octanol–water partition coefficient (Wildman–Crippen LogP) is 1.21. The third-order valence-electron chi connectivity index (χ3n) is 2.56. The monoisotopic (exact) mass is 282 g/mol. The molecule has 2 rings (SSSR count). The van der Waals surface area contributed by atoms with Gasteiger partial charge in [0.25, 0.3) is 10.0 Å². The Kier molecular flexibility index (Phi) is 3.98. The minimum atomic E-state index is -3.71. The summed E-state index contributed by atoms with van der Waals surface area (Å²) < 4.78 is 31.7. The highest BCUT2D eigenvalue weighted by Gasteiger charge is 2.20. The van der Waals surface area contributed by atoms with Gasteiger partial charge in [0.05, 0.1) is 18.9 Å². The molecule has 2 heterocycles. The number of hydrogen-bond donors (Lipinski definition) is 2. The number of aliphatic hydroxyl groups excluding tert-OH is 1. The first kappa shape index (κ1) is 13.7. The maximum absolute atomic E-state index is 12.1. The number of nitrogens with zero attached hydrogens (tertiary/aromatic N) is 1. The number of aliphatic hydroxyl groups is 1. The van der Waals surface area contributed by atoms with Gasteiger partial charge in [0.1, 0.15) is 5.76 Å². The van der Waals surface area contributed by atoms with Crippen LogP contribution in [0.15, 0.2) is 46.2 Å². The molecule has 0 fully saturated rings. The molecular formula is C12H14N2O4S. The highest BCUT2D eigenvalue weighted by Crippen LogP contribution is 2.16. The van der Waals surface area contributed by atoms with Gasteiger partial charge in [-0.25, -0.2) is 13.4 Å². The Hall–Kier alpha value is -1.70. The van der Waals surface area contributed by atoms with E-state index in [1.165, 1.54) is 24.6 Å². The average molecular weight is 282 g/mol. The van der Waals surface area contributed by atoms with Crippen LogP contribution in [0.4, 0.5) is 0 Å². The summed E-state index contributed by atoms with van der Waals surface area (Å²) in [6.07, 6.45) is 2.81. The average Bonchev–Trinajstić information content (AvgIpc) is 2.92. The summed E-state index contributed by atoms with van der Waals surface area (Å²) in [6, 6.07) is 5.76. The van der Waals surface area contributed by atoms with Gasteiger partial charge in [-0.1, -0.05) is 6.07 Å². The predicted molar refractivity (Wildman–Crippen MR) is 67.6 cm³/mol. The lowest BCUT2D eigenvalue weighted by Crippen LogP contribution is -2.27. The number of sulfonamides is 1. The van der Waals surface area contributed by atoms with Crippen molar-refractivity contribution in [2.24, 2.45) is 0 Å². The van der Waals surface area contributed by atoms with Crippen molar-refractivity contribution in [1.82, 2.24) is 9.71 Å². The zero-order chi connectivity index (χ0) is 13.9. The summed E-state index contributed by atoms with van der Waals surface area (Å²) in [5, 5.41) is 8.79. The largest absolute Gasteiger partial charge is 0.468 e. The van der Waals surface area contributed by atoms with Crippen LogP contribution < -0.4 is 4.72 Å². The van der Waals surface area contributed by atoms with E-state index in [0.717, 1.165) is 0 Å². The van der Waals surface area contributed by atoms with Gasteiger partial charge in [0.15, 0.2) is 5.03 Å². The van der Waals surface area contributed by atoms with E-state index in [1.807, 2.05) is 0 Å². The van der Waals surface area contributed by atoms with Gasteiger partial charge in [-0.15, -0.1) is 0 Å². The molecule has 0 aliphatic carbocycles.